The van der Waals surface area contributed by atoms with Crippen LogP contribution < -0.4 is 5.32 Å². The molecular weight excluding hydrogens is 771 g/mol. The Bertz CT molecular complexity index is 834. The van der Waals surface area contributed by atoms with Crippen LogP contribution in [0.15, 0.2) is 0 Å². The van der Waals surface area contributed by atoms with Gasteiger partial charge >= 0.3 is 0 Å². The average molecular weight is 891 g/mol. The second-order valence-corrected chi connectivity index (χ2v) is 20.8. The quantitative estimate of drug-likeness (QED) is 0.0533. The first-order valence-corrected chi connectivity index (χ1v) is 29.7. The molecule has 0 aromatic heterocycles. The number of nitrogens with one attached hydrogen (secondary N) is 1. The lowest BCUT2D eigenvalue weighted by Crippen LogP contribution is -2.45. The summed E-state index contributed by atoms with van der Waals surface area (Å²) in [5.41, 5.74) is 0. The number of carbonyl (C=O) groups is 1. The molecule has 0 fully saturated rings. The third-order valence-corrected chi connectivity index (χ3v) is 14.4. The van der Waals surface area contributed by atoms with Gasteiger partial charge in [0.05, 0.1) is 18.8 Å². The lowest BCUT2D eigenvalue weighted by Gasteiger charge is -2.22. The summed E-state index contributed by atoms with van der Waals surface area (Å²) in [6.45, 7) is 4.41. The van der Waals surface area contributed by atoms with Gasteiger partial charge in [-0.05, 0) is 12.8 Å². The van der Waals surface area contributed by atoms with E-state index in [1.165, 1.54) is 302 Å². The van der Waals surface area contributed by atoms with E-state index in [0.29, 0.717) is 12.8 Å². The zero-order valence-corrected chi connectivity index (χ0v) is 43.6. The van der Waals surface area contributed by atoms with Crippen molar-refractivity contribution in [3.8, 4) is 0 Å². The van der Waals surface area contributed by atoms with Crippen LogP contribution in [0.3, 0.4) is 0 Å². The fourth-order valence-electron chi connectivity index (χ4n) is 9.84. The van der Waals surface area contributed by atoms with Gasteiger partial charge in [-0.2, -0.15) is 0 Å². The summed E-state index contributed by atoms with van der Waals surface area (Å²) in [6.07, 6.45) is 71.1. The monoisotopic (exact) mass is 890 g/mol. The van der Waals surface area contributed by atoms with E-state index < -0.39 is 12.1 Å². The van der Waals surface area contributed by atoms with Crippen LogP contribution in [0.4, 0.5) is 0 Å². The predicted octanol–water partition coefficient (Wildman–Crippen LogP) is 19.5. The van der Waals surface area contributed by atoms with Crippen molar-refractivity contribution >= 4 is 5.91 Å². The SMILES string of the molecule is CCCCCCCCCCCCCCCCCCCCCCCCCCCCCC(O)C(CO)NC(=O)CCCCCCCCCCCCCCCCCCCCCCCCCC. The lowest BCUT2D eigenvalue weighted by molar-refractivity contribution is -0.123. The van der Waals surface area contributed by atoms with Crippen LogP contribution in [-0.2, 0) is 4.79 Å². The van der Waals surface area contributed by atoms with E-state index in [4.69, 9.17) is 0 Å². The van der Waals surface area contributed by atoms with Crippen LogP contribution in [-0.4, -0.2) is 34.9 Å². The van der Waals surface area contributed by atoms with Gasteiger partial charge in [0, 0.05) is 6.42 Å². The van der Waals surface area contributed by atoms with Gasteiger partial charge in [-0.15, -0.1) is 0 Å². The Morgan fingerprint density at radius 2 is 0.508 bits per heavy atom. The molecule has 1 amide bonds. The fourth-order valence-corrected chi connectivity index (χ4v) is 9.84. The normalized spacial score (nSPS) is 12.6. The highest BCUT2D eigenvalue weighted by Crippen LogP contribution is 2.19. The predicted molar refractivity (Wildman–Crippen MR) is 281 cm³/mol. The number of hydrogen-bond donors (Lipinski definition) is 3. The molecule has 0 rings (SSSR count). The number of aliphatic hydroxyl groups is 2. The van der Waals surface area contributed by atoms with E-state index in [-0.39, 0.29) is 12.5 Å². The number of amides is 1. The lowest BCUT2D eigenvalue weighted by atomic mass is 10.0. The second kappa shape index (κ2) is 55.7. The first kappa shape index (κ1) is 62.4. The minimum Gasteiger partial charge on any atom is -0.394 e. The summed E-state index contributed by atoms with van der Waals surface area (Å²) >= 11 is 0. The molecule has 2 atom stereocenters. The zero-order chi connectivity index (χ0) is 45.6. The molecule has 0 aromatic rings. The van der Waals surface area contributed by atoms with Crippen molar-refractivity contribution in [2.75, 3.05) is 6.61 Å². The Kier molecular flexibility index (Phi) is 55.2. The molecule has 0 aliphatic rings. The maximum Gasteiger partial charge on any atom is 0.220 e. The van der Waals surface area contributed by atoms with Gasteiger partial charge in [0.15, 0.2) is 0 Å². The largest absolute Gasteiger partial charge is 0.394 e. The van der Waals surface area contributed by atoms with E-state index in [1.54, 1.807) is 0 Å². The minimum atomic E-state index is -0.655. The molecule has 378 valence electrons. The molecule has 3 N–H and O–H groups in total. The van der Waals surface area contributed by atoms with Crippen LogP contribution in [0, 0.1) is 0 Å². The average Bonchev–Trinajstić information content (AvgIpc) is 3.29. The molecule has 0 bridgehead atoms. The molecule has 4 heteroatoms. The topological polar surface area (TPSA) is 69.6 Å². The van der Waals surface area contributed by atoms with Crippen molar-refractivity contribution in [2.24, 2.45) is 0 Å². The summed E-state index contributed by atoms with van der Waals surface area (Å²) < 4.78 is 0. The Morgan fingerprint density at radius 3 is 0.714 bits per heavy atom. The molecule has 0 saturated carbocycles. The van der Waals surface area contributed by atoms with Crippen LogP contribution in [0.5, 0.6) is 0 Å². The van der Waals surface area contributed by atoms with Crippen molar-refractivity contribution in [1.29, 1.82) is 0 Å². The first-order valence-electron chi connectivity index (χ1n) is 29.7. The van der Waals surface area contributed by atoms with E-state index in [2.05, 4.69) is 19.2 Å². The second-order valence-electron chi connectivity index (χ2n) is 20.8. The molecule has 0 spiro atoms. The van der Waals surface area contributed by atoms with Crippen LogP contribution in [0.1, 0.15) is 354 Å². The minimum absolute atomic E-state index is 0.0212. The van der Waals surface area contributed by atoms with Crippen LogP contribution in [0.2, 0.25) is 0 Å². The van der Waals surface area contributed by atoms with Gasteiger partial charge in [-0.3, -0.25) is 4.79 Å². The van der Waals surface area contributed by atoms with Gasteiger partial charge in [0.25, 0.3) is 0 Å². The number of hydrogen-bond acceptors (Lipinski definition) is 3. The summed E-state index contributed by atoms with van der Waals surface area (Å²) in [7, 11) is 0. The molecule has 4 nitrogen and oxygen atoms in total. The Morgan fingerprint density at radius 1 is 0.317 bits per heavy atom. The van der Waals surface area contributed by atoms with Crippen molar-refractivity contribution in [2.45, 2.75) is 366 Å². The summed E-state index contributed by atoms with van der Waals surface area (Å²) in [5, 5.41) is 23.4. The maximum atomic E-state index is 12.5. The molecule has 0 aliphatic carbocycles. The fraction of sp³-hybridized carbons (Fsp3) is 0.983. The molecule has 2 unspecified atom stereocenters. The van der Waals surface area contributed by atoms with Crippen molar-refractivity contribution < 1.29 is 15.0 Å². The number of carbonyl (C=O) groups excluding carboxylic acids is 1. The summed E-state index contributed by atoms with van der Waals surface area (Å²) in [4.78, 5) is 12.5. The molecule has 0 aliphatic heterocycles. The third kappa shape index (κ3) is 52.2. The number of rotatable bonds is 56. The highest BCUT2D eigenvalue weighted by atomic mass is 16.3. The highest BCUT2D eigenvalue weighted by Gasteiger charge is 2.20. The molecule has 63 heavy (non-hydrogen) atoms. The van der Waals surface area contributed by atoms with E-state index in [0.717, 1.165) is 25.7 Å². The van der Waals surface area contributed by atoms with Gasteiger partial charge in [0.1, 0.15) is 0 Å². The number of aliphatic hydroxyl groups excluding tert-OH is 2. The van der Waals surface area contributed by atoms with Crippen molar-refractivity contribution in [3.63, 3.8) is 0 Å². The molecule has 0 aromatic carbocycles. The van der Waals surface area contributed by atoms with E-state index in [9.17, 15) is 15.0 Å². The van der Waals surface area contributed by atoms with Gasteiger partial charge < -0.3 is 15.5 Å². The molecule has 0 radical (unpaired) electrons. The van der Waals surface area contributed by atoms with Crippen LogP contribution in [0.25, 0.3) is 0 Å². The molecule has 0 saturated heterocycles. The third-order valence-electron chi connectivity index (χ3n) is 14.4. The number of unbranched alkanes of at least 4 members (excludes halogenated alkanes) is 49. The highest BCUT2D eigenvalue weighted by molar-refractivity contribution is 5.76. The maximum absolute atomic E-state index is 12.5. The Balaban J connectivity index is 3.39. The van der Waals surface area contributed by atoms with Crippen molar-refractivity contribution in [1.82, 2.24) is 5.32 Å². The Hall–Kier alpha value is -0.610. The van der Waals surface area contributed by atoms with Gasteiger partial charge in [0.2, 0.25) is 5.91 Å². The first-order chi connectivity index (χ1) is 31.2. The molecular formula is C59H119NO3. The van der Waals surface area contributed by atoms with Gasteiger partial charge in [-0.25, -0.2) is 0 Å². The Labute approximate surface area is 397 Å². The van der Waals surface area contributed by atoms with E-state index >= 15 is 0 Å². The zero-order valence-electron chi connectivity index (χ0n) is 43.6. The van der Waals surface area contributed by atoms with Gasteiger partial charge in [-0.1, -0.05) is 335 Å². The van der Waals surface area contributed by atoms with E-state index in [1.807, 2.05) is 0 Å². The smallest absolute Gasteiger partial charge is 0.220 e. The summed E-state index contributed by atoms with van der Waals surface area (Å²) in [5.74, 6) is -0.0212. The van der Waals surface area contributed by atoms with Crippen LogP contribution >= 0.6 is 0 Å². The molecule has 0 heterocycles. The van der Waals surface area contributed by atoms with Crippen molar-refractivity contribution in [3.05, 3.63) is 0 Å². The standard InChI is InChI=1S/C59H119NO3/c1-3-5-7-9-11-13-15-17-19-21-23-25-27-29-30-31-32-34-36-38-40-42-44-46-48-50-52-54-58(62)57(56-61)60-59(63)55-53-51-49-47-45-43-41-39-37-35-33-28-26-24-22-20-18-16-14-12-10-8-6-4-2/h57-58,61-62H,3-56H2,1-2H3,(H,60,63). The summed E-state index contributed by atoms with van der Waals surface area (Å²) in [6, 6.07) is -0.532.